The Morgan fingerprint density at radius 2 is 1.80 bits per heavy atom. The van der Waals surface area contributed by atoms with E-state index in [0.717, 1.165) is 5.56 Å². The highest BCUT2D eigenvalue weighted by atomic mass is 35.5. The number of benzene rings is 2. The predicted molar refractivity (Wildman–Crippen MR) is 98.5 cm³/mol. The van der Waals surface area contributed by atoms with E-state index in [2.05, 4.69) is 5.32 Å². The molecule has 1 N–H and O–H groups in total. The van der Waals surface area contributed by atoms with Crippen molar-refractivity contribution >= 4 is 23.6 Å². The zero-order valence-corrected chi connectivity index (χ0v) is 14.9. The summed E-state index contributed by atoms with van der Waals surface area (Å²) >= 11 is 5.80. The molecule has 5 nitrogen and oxygen atoms in total. The Morgan fingerprint density at radius 3 is 2.48 bits per heavy atom. The van der Waals surface area contributed by atoms with Crippen molar-refractivity contribution in [3.8, 4) is 17.2 Å². The molecule has 2 aromatic rings. The maximum Gasteiger partial charge on any atom is 0.244 e. The number of rotatable bonds is 8. The standard InChI is InChI=1S/C19H20ClNO4/c1-23-17-9-3-14(13-18(17)24-2)4-10-19(22)21-11-12-25-16-7-5-15(20)6-8-16/h3-10,13H,11-12H2,1-2H3,(H,21,22)/b10-4+. The van der Waals surface area contributed by atoms with Crippen molar-refractivity contribution in [3.05, 3.63) is 59.1 Å². The Bertz CT molecular complexity index is 729. The molecule has 1 amide bonds. The fraction of sp³-hybridized carbons (Fsp3) is 0.211. The van der Waals surface area contributed by atoms with E-state index in [9.17, 15) is 4.79 Å². The molecule has 0 aliphatic carbocycles. The van der Waals surface area contributed by atoms with Gasteiger partial charge in [0.25, 0.3) is 0 Å². The zero-order valence-electron chi connectivity index (χ0n) is 14.1. The Hall–Kier alpha value is -2.66. The fourth-order valence-corrected chi connectivity index (χ4v) is 2.19. The maximum atomic E-state index is 11.8. The number of nitrogens with one attached hydrogen (secondary N) is 1. The summed E-state index contributed by atoms with van der Waals surface area (Å²) in [5, 5.41) is 3.41. The Kier molecular flexibility index (Phi) is 7.16. The molecule has 0 aromatic heterocycles. The average Bonchev–Trinajstić information content (AvgIpc) is 2.64. The van der Waals surface area contributed by atoms with Crippen molar-refractivity contribution < 1.29 is 19.0 Å². The quantitative estimate of drug-likeness (QED) is 0.577. The maximum absolute atomic E-state index is 11.8. The highest BCUT2D eigenvalue weighted by Gasteiger charge is 2.03. The fourth-order valence-electron chi connectivity index (χ4n) is 2.06. The Balaban J connectivity index is 1.77. The van der Waals surface area contributed by atoms with E-state index in [4.69, 9.17) is 25.8 Å². The number of methoxy groups -OCH3 is 2. The van der Waals surface area contributed by atoms with Crippen molar-refractivity contribution in [2.24, 2.45) is 0 Å². The van der Waals surface area contributed by atoms with E-state index in [-0.39, 0.29) is 5.91 Å². The molecule has 0 aliphatic heterocycles. The van der Waals surface area contributed by atoms with Crippen LogP contribution in [0.1, 0.15) is 5.56 Å². The molecule has 0 bridgehead atoms. The number of hydrogen-bond acceptors (Lipinski definition) is 4. The average molecular weight is 362 g/mol. The van der Waals surface area contributed by atoms with Gasteiger partial charge in [0.15, 0.2) is 11.5 Å². The summed E-state index contributed by atoms with van der Waals surface area (Å²) in [5.41, 5.74) is 0.838. The third-order valence-electron chi connectivity index (χ3n) is 3.32. The molecule has 0 fully saturated rings. The number of hydrogen-bond donors (Lipinski definition) is 1. The lowest BCUT2D eigenvalue weighted by molar-refractivity contribution is -0.116. The van der Waals surface area contributed by atoms with E-state index in [1.807, 2.05) is 6.07 Å². The van der Waals surface area contributed by atoms with Crippen LogP contribution in [0.5, 0.6) is 17.2 Å². The summed E-state index contributed by atoms with van der Waals surface area (Å²) in [5.74, 6) is 1.76. The minimum Gasteiger partial charge on any atom is -0.493 e. The molecule has 0 heterocycles. The second-order valence-corrected chi connectivity index (χ2v) is 5.48. The van der Waals surface area contributed by atoms with Gasteiger partial charge in [-0.2, -0.15) is 0 Å². The van der Waals surface area contributed by atoms with Crippen LogP contribution in [-0.2, 0) is 4.79 Å². The predicted octanol–water partition coefficient (Wildman–Crippen LogP) is 3.57. The van der Waals surface area contributed by atoms with Crippen LogP contribution in [-0.4, -0.2) is 33.3 Å². The second-order valence-electron chi connectivity index (χ2n) is 5.04. The molecule has 6 heteroatoms. The topological polar surface area (TPSA) is 56.8 Å². The minimum absolute atomic E-state index is 0.200. The third kappa shape index (κ3) is 6.04. The molecule has 25 heavy (non-hydrogen) atoms. The monoisotopic (exact) mass is 361 g/mol. The molecule has 0 saturated carbocycles. The van der Waals surface area contributed by atoms with Crippen molar-refractivity contribution in [1.29, 1.82) is 0 Å². The first-order valence-electron chi connectivity index (χ1n) is 7.68. The number of carbonyl (C=O) groups excluding carboxylic acids is 1. The summed E-state index contributed by atoms with van der Waals surface area (Å²) in [7, 11) is 3.14. The first-order valence-corrected chi connectivity index (χ1v) is 8.06. The number of amides is 1. The molecular formula is C19H20ClNO4. The van der Waals surface area contributed by atoms with Gasteiger partial charge in [-0.1, -0.05) is 17.7 Å². The molecule has 132 valence electrons. The minimum atomic E-state index is -0.200. The van der Waals surface area contributed by atoms with Crippen molar-refractivity contribution in [2.75, 3.05) is 27.4 Å². The van der Waals surface area contributed by atoms with Crippen LogP contribution >= 0.6 is 11.6 Å². The summed E-state index contributed by atoms with van der Waals surface area (Å²) in [6, 6.07) is 12.5. The second kappa shape index (κ2) is 9.59. The summed E-state index contributed by atoms with van der Waals surface area (Å²) in [4.78, 5) is 11.8. The van der Waals surface area contributed by atoms with Gasteiger partial charge in [0.2, 0.25) is 5.91 Å². The lowest BCUT2D eigenvalue weighted by atomic mass is 10.2. The summed E-state index contributed by atoms with van der Waals surface area (Å²) in [6.07, 6.45) is 3.17. The normalized spacial score (nSPS) is 10.5. The molecule has 0 saturated heterocycles. The van der Waals surface area contributed by atoms with Crippen molar-refractivity contribution in [1.82, 2.24) is 5.32 Å². The molecule has 0 spiro atoms. The SMILES string of the molecule is COc1ccc(/C=C/C(=O)NCCOc2ccc(Cl)cc2)cc1OC. The van der Waals surface area contributed by atoms with Gasteiger partial charge < -0.3 is 19.5 Å². The van der Waals surface area contributed by atoms with Crippen molar-refractivity contribution in [2.45, 2.75) is 0 Å². The summed E-state index contributed by atoms with van der Waals surface area (Å²) < 4.78 is 15.9. The van der Waals surface area contributed by atoms with Crippen LogP contribution in [0.3, 0.4) is 0 Å². The van der Waals surface area contributed by atoms with Crippen molar-refractivity contribution in [3.63, 3.8) is 0 Å². The largest absolute Gasteiger partial charge is 0.493 e. The van der Waals surface area contributed by atoms with E-state index in [1.165, 1.54) is 6.08 Å². The van der Waals surface area contributed by atoms with Gasteiger partial charge in [0.1, 0.15) is 12.4 Å². The van der Waals surface area contributed by atoms with Crippen LogP contribution < -0.4 is 19.5 Å². The first-order chi connectivity index (χ1) is 12.1. The summed E-state index contributed by atoms with van der Waals surface area (Å²) in [6.45, 7) is 0.773. The lowest BCUT2D eigenvalue weighted by Gasteiger charge is -2.08. The molecule has 0 aliphatic rings. The number of ether oxygens (including phenoxy) is 3. The van der Waals surface area contributed by atoms with Gasteiger partial charge in [0.05, 0.1) is 20.8 Å². The Labute approximate surface area is 152 Å². The lowest BCUT2D eigenvalue weighted by Crippen LogP contribution is -2.26. The molecule has 0 radical (unpaired) electrons. The molecule has 2 aromatic carbocycles. The van der Waals surface area contributed by atoms with Crippen LogP contribution in [0.25, 0.3) is 6.08 Å². The smallest absolute Gasteiger partial charge is 0.244 e. The zero-order chi connectivity index (χ0) is 18.1. The van der Waals surface area contributed by atoms with E-state index < -0.39 is 0 Å². The van der Waals surface area contributed by atoms with Gasteiger partial charge in [-0.25, -0.2) is 0 Å². The highest BCUT2D eigenvalue weighted by molar-refractivity contribution is 6.30. The van der Waals surface area contributed by atoms with Crippen LogP contribution in [0.2, 0.25) is 5.02 Å². The van der Waals surface area contributed by atoms with Crippen LogP contribution in [0.15, 0.2) is 48.5 Å². The van der Waals surface area contributed by atoms with Gasteiger partial charge >= 0.3 is 0 Å². The number of carbonyl (C=O) groups is 1. The highest BCUT2D eigenvalue weighted by Crippen LogP contribution is 2.27. The van der Waals surface area contributed by atoms with E-state index >= 15 is 0 Å². The third-order valence-corrected chi connectivity index (χ3v) is 3.57. The number of halogens is 1. The van der Waals surface area contributed by atoms with Gasteiger partial charge in [0, 0.05) is 11.1 Å². The van der Waals surface area contributed by atoms with Gasteiger partial charge in [-0.3, -0.25) is 4.79 Å². The van der Waals surface area contributed by atoms with Gasteiger partial charge in [-0.15, -0.1) is 0 Å². The molecule has 0 unspecified atom stereocenters. The van der Waals surface area contributed by atoms with Crippen LogP contribution in [0.4, 0.5) is 0 Å². The van der Waals surface area contributed by atoms with E-state index in [1.54, 1.807) is 56.7 Å². The molecule has 2 rings (SSSR count). The van der Waals surface area contributed by atoms with E-state index in [0.29, 0.717) is 35.4 Å². The molecule has 0 atom stereocenters. The molecular weight excluding hydrogens is 342 g/mol. The van der Waals surface area contributed by atoms with Crippen LogP contribution in [0, 0.1) is 0 Å². The Morgan fingerprint density at radius 1 is 1.08 bits per heavy atom. The first kappa shape index (κ1) is 18.7. The van der Waals surface area contributed by atoms with Gasteiger partial charge in [-0.05, 0) is 48.0 Å².